The van der Waals surface area contributed by atoms with Gasteiger partial charge >= 0.3 is 0 Å². The average Bonchev–Trinajstić information content (AvgIpc) is 2.62. The third-order valence-corrected chi connectivity index (χ3v) is 3.80. The van der Waals surface area contributed by atoms with Gasteiger partial charge in [-0.2, -0.15) is 0 Å². The molecule has 1 saturated heterocycles. The minimum absolute atomic E-state index is 0.00283. The molecule has 1 amide bonds. The van der Waals surface area contributed by atoms with Gasteiger partial charge in [0.2, 0.25) is 5.91 Å². The van der Waals surface area contributed by atoms with Crippen molar-refractivity contribution in [2.75, 3.05) is 33.3 Å². The molecule has 0 spiro atoms. The summed E-state index contributed by atoms with van der Waals surface area (Å²) in [6, 6.07) is 5.25. The van der Waals surface area contributed by atoms with Gasteiger partial charge in [-0.1, -0.05) is 0 Å². The molecule has 0 atom stereocenters. The first-order valence-electron chi connectivity index (χ1n) is 6.46. The number of amides is 1. The number of halogens is 1. The smallest absolute Gasteiger partial charge is 0.234 e. The Balaban J connectivity index is 2.03. The van der Waals surface area contributed by atoms with E-state index >= 15 is 0 Å². The minimum atomic E-state index is -0.0220. The van der Waals surface area contributed by atoms with Crippen molar-refractivity contribution < 1.29 is 14.3 Å². The van der Waals surface area contributed by atoms with E-state index in [1.54, 1.807) is 25.3 Å². The van der Waals surface area contributed by atoms with Gasteiger partial charge in [0.25, 0.3) is 0 Å². The Morgan fingerprint density at radius 2 is 2.30 bits per heavy atom. The molecule has 0 radical (unpaired) electrons. The lowest BCUT2D eigenvalue weighted by Gasteiger charge is -2.17. The van der Waals surface area contributed by atoms with Gasteiger partial charge in [0.1, 0.15) is 5.75 Å². The highest BCUT2D eigenvalue weighted by Gasteiger charge is 2.18. The quantitative estimate of drug-likeness (QED) is 0.843. The van der Waals surface area contributed by atoms with Crippen molar-refractivity contribution in [3.63, 3.8) is 0 Å². The second kappa shape index (κ2) is 6.85. The summed E-state index contributed by atoms with van der Waals surface area (Å²) < 4.78 is 5.89. The lowest BCUT2D eigenvalue weighted by atomic mass is 10.1. The van der Waals surface area contributed by atoms with Crippen molar-refractivity contribution in [3.8, 4) is 5.75 Å². The number of methoxy groups -OCH3 is 1. The van der Waals surface area contributed by atoms with E-state index in [0.29, 0.717) is 17.9 Å². The van der Waals surface area contributed by atoms with E-state index < -0.39 is 0 Å². The second-order valence-corrected chi connectivity index (χ2v) is 5.54. The number of ether oxygens (including phenoxy) is 1. The van der Waals surface area contributed by atoms with Crippen molar-refractivity contribution in [3.05, 3.63) is 28.2 Å². The molecule has 0 bridgehead atoms. The van der Waals surface area contributed by atoms with E-state index in [1.807, 2.05) is 4.90 Å². The van der Waals surface area contributed by atoms with Gasteiger partial charge in [-0.15, -0.1) is 0 Å². The zero-order valence-electron chi connectivity index (χ0n) is 11.3. The standard InChI is InChI=1S/C14H17BrN2O3/c1-20-13-4-3-10(7-11(13)15)12(18)8-17-6-2-5-16-14(19)9-17/h3-4,7H,2,5-6,8-9H2,1H3,(H,16,19). The minimum Gasteiger partial charge on any atom is -0.496 e. The van der Waals surface area contributed by atoms with Crippen LogP contribution in [-0.4, -0.2) is 49.9 Å². The highest BCUT2D eigenvalue weighted by molar-refractivity contribution is 9.10. The van der Waals surface area contributed by atoms with Crippen LogP contribution in [0.3, 0.4) is 0 Å². The van der Waals surface area contributed by atoms with Crippen LogP contribution in [0.15, 0.2) is 22.7 Å². The van der Waals surface area contributed by atoms with E-state index in [2.05, 4.69) is 21.2 Å². The Morgan fingerprint density at radius 1 is 1.50 bits per heavy atom. The number of hydrogen-bond donors (Lipinski definition) is 1. The zero-order valence-corrected chi connectivity index (χ0v) is 12.9. The van der Waals surface area contributed by atoms with Crippen LogP contribution in [0.1, 0.15) is 16.8 Å². The maximum absolute atomic E-state index is 12.2. The monoisotopic (exact) mass is 340 g/mol. The Morgan fingerprint density at radius 3 is 3.00 bits per heavy atom. The van der Waals surface area contributed by atoms with Gasteiger partial charge < -0.3 is 10.1 Å². The van der Waals surface area contributed by atoms with Crippen LogP contribution in [0.4, 0.5) is 0 Å². The third-order valence-electron chi connectivity index (χ3n) is 3.18. The summed E-state index contributed by atoms with van der Waals surface area (Å²) >= 11 is 3.37. The number of ketones is 1. The number of nitrogens with one attached hydrogen (secondary N) is 1. The number of benzene rings is 1. The fourth-order valence-electron chi connectivity index (χ4n) is 2.14. The fraction of sp³-hybridized carbons (Fsp3) is 0.429. The molecule has 0 unspecified atom stereocenters. The molecule has 1 heterocycles. The summed E-state index contributed by atoms with van der Waals surface area (Å²) in [6.07, 6.45) is 0.866. The van der Waals surface area contributed by atoms with Crippen molar-refractivity contribution in [1.82, 2.24) is 10.2 Å². The summed E-state index contributed by atoms with van der Waals surface area (Å²) in [4.78, 5) is 25.6. The molecule has 0 saturated carbocycles. The Hall–Kier alpha value is -1.40. The molecule has 1 aliphatic rings. The largest absolute Gasteiger partial charge is 0.496 e. The number of nitrogens with zero attached hydrogens (tertiary/aromatic N) is 1. The Labute approximate surface area is 126 Å². The number of carbonyl (C=O) groups is 2. The first-order valence-corrected chi connectivity index (χ1v) is 7.25. The number of Topliss-reactive ketones (excluding diaryl/α,β-unsaturated/α-hetero) is 1. The molecule has 6 heteroatoms. The first-order chi connectivity index (χ1) is 9.60. The van der Waals surface area contributed by atoms with Gasteiger partial charge in [-0.3, -0.25) is 14.5 Å². The van der Waals surface area contributed by atoms with Crippen LogP contribution in [-0.2, 0) is 4.79 Å². The molecule has 1 fully saturated rings. The highest BCUT2D eigenvalue weighted by atomic mass is 79.9. The Kier molecular flexibility index (Phi) is 5.14. The maximum atomic E-state index is 12.2. The molecular weight excluding hydrogens is 324 g/mol. The van der Waals surface area contributed by atoms with E-state index in [4.69, 9.17) is 4.74 Å². The van der Waals surface area contributed by atoms with Gasteiger partial charge in [-0.25, -0.2) is 0 Å². The van der Waals surface area contributed by atoms with Crippen LogP contribution in [0.25, 0.3) is 0 Å². The summed E-state index contributed by atoms with van der Waals surface area (Å²) in [5.41, 5.74) is 0.613. The summed E-state index contributed by atoms with van der Waals surface area (Å²) in [5.74, 6) is 0.671. The van der Waals surface area contributed by atoms with Crippen LogP contribution in [0.2, 0.25) is 0 Å². The third kappa shape index (κ3) is 3.80. The summed E-state index contributed by atoms with van der Waals surface area (Å²) in [7, 11) is 1.58. The van der Waals surface area contributed by atoms with Crippen LogP contribution in [0.5, 0.6) is 5.75 Å². The molecular formula is C14H17BrN2O3. The van der Waals surface area contributed by atoms with E-state index in [1.165, 1.54) is 0 Å². The Bertz CT molecular complexity index is 519. The molecule has 0 aromatic heterocycles. The molecule has 2 rings (SSSR count). The van der Waals surface area contributed by atoms with Gasteiger partial charge in [0.05, 0.1) is 24.7 Å². The predicted octanol–water partition coefficient (Wildman–Crippen LogP) is 1.46. The van der Waals surface area contributed by atoms with Crippen molar-refractivity contribution >= 4 is 27.6 Å². The number of carbonyl (C=O) groups excluding carboxylic acids is 2. The summed E-state index contributed by atoms with van der Waals surface area (Å²) in [5, 5.41) is 2.80. The number of hydrogen-bond acceptors (Lipinski definition) is 4. The van der Waals surface area contributed by atoms with Gasteiger partial charge in [0.15, 0.2) is 5.78 Å². The predicted molar refractivity (Wildman–Crippen MR) is 79.1 cm³/mol. The van der Waals surface area contributed by atoms with E-state index in [9.17, 15) is 9.59 Å². The highest BCUT2D eigenvalue weighted by Crippen LogP contribution is 2.25. The zero-order chi connectivity index (χ0) is 14.5. The lowest BCUT2D eigenvalue weighted by Crippen LogP contribution is -2.36. The van der Waals surface area contributed by atoms with Crippen LogP contribution >= 0.6 is 15.9 Å². The van der Waals surface area contributed by atoms with E-state index in [-0.39, 0.29) is 24.8 Å². The molecule has 1 aromatic carbocycles. The van der Waals surface area contributed by atoms with E-state index in [0.717, 1.165) is 17.4 Å². The molecule has 0 aliphatic carbocycles. The van der Waals surface area contributed by atoms with Crippen molar-refractivity contribution in [1.29, 1.82) is 0 Å². The first kappa shape index (κ1) is 15.0. The molecule has 1 aromatic rings. The second-order valence-electron chi connectivity index (χ2n) is 4.69. The van der Waals surface area contributed by atoms with Gasteiger partial charge in [-0.05, 0) is 40.5 Å². The van der Waals surface area contributed by atoms with Crippen LogP contribution < -0.4 is 10.1 Å². The number of rotatable bonds is 4. The maximum Gasteiger partial charge on any atom is 0.234 e. The molecule has 108 valence electrons. The normalized spacial score (nSPS) is 16.4. The fourth-order valence-corrected chi connectivity index (χ4v) is 2.68. The van der Waals surface area contributed by atoms with Gasteiger partial charge in [0, 0.05) is 18.7 Å². The lowest BCUT2D eigenvalue weighted by molar-refractivity contribution is -0.121. The summed E-state index contributed by atoms with van der Waals surface area (Å²) in [6.45, 7) is 1.97. The molecule has 5 nitrogen and oxygen atoms in total. The van der Waals surface area contributed by atoms with Crippen molar-refractivity contribution in [2.45, 2.75) is 6.42 Å². The molecule has 1 N–H and O–H groups in total. The SMILES string of the molecule is COc1ccc(C(=O)CN2CCCNC(=O)C2)cc1Br. The molecule has 1 aliphatic heterocycles. The topological polar surface area (TPSA) is 58.6 Å². The molecule has 20 heavy (non-hydrogen) atoms. The van der Waals surface area contributed by atoms with Crippen molar-refractivity contribution in [2.24, 2.45) is 0 Å². The average molecular weight is 341 g/mol. The van der Waals surface area contributed by atoms with Crippen LogP contribution in [0, 0.1) is 0 Å².